The molecule has 0 atom stereocenters. The van der Waals surface area contributed by atoms with Gasteiger partial charge in [-0.2, -0.15) is 0 Å². The van der Waals surface area contributed by atoms with Crippen molar-refractivity contribution in [1.82, 2.24) is 5.32 Å². The van der Waals surface area contributed by atoms with Crippen molar-refractivity contribution in [2.75, 3.05) is 0 Å². The Hall–Kier alpha value is -1.57. The zero-order chi connectivity index (χ0) is 15.7. The highest BCUT2D eigenvalue weighted by Crippen LogP contribution is 2.32. The minimum Gasteiger partial charge on any atom is -0.379 e. The third kappa shape index (κ3) is 3.26. The van der Waals surface area contributed by atoms with E-state index in [0.29, 0.717) is 5.78 Å². The molecule has 1 fully saturated rings. The van der Waals surface area contributed by atoms with Crippen LogP contribution in [0.1, 0.15) is 57.6 Å². The number of hydrogen-bond donors (Lipinski definition) is 1. The molecule has 0 bridgehead atoms. The minimum absolute atomic E-state index is 0.00153. The molecule has 1 heterocycles. The Kier molecular flexibility index (Phi) is 4.12. The van der Waals surface area contributed by atoms with Crippen LogP contribution in [0, 0.1) is 11.8 Å². The molecule has 0 aromatic heterocycles. The second-order valence-electron chi connectivity index (χ2n) is 7.76. The Morgan fingerprint density at radius 2 is 1.86 bits per heavy atom. The van der Waals surface area contributed by atoms with Gasteiger partial charge in [0.15, 0.2) is 5.78 Å². The summed E-state index contributed by atoms with van der Waals surface area (Å²) in [5, 5.41) is 3.57. The SMILES string of the molecule is CC1(C)Cc2ccccc2/C(=C/C(=O)[C@H]2CC[C@@H](C)CC2)N1. The molecule has 0 amide bonds. The molecule has 1 N–H and O–H groups in total. The van der Waals surface area contributed by atoms with Gasteiger partial charge in [0.05, 0.1) is 0 Å². The van der Waals surface area contributed by atoms with Crippen molar-refractivity contribution in [1.29, 1.82) is 0 Å². The first-order valence-electron chi connectivity index (χ1n) is 8.56. The number of allylic oxidation sites excluding steroid dienone is 1. The number of carbonyl (C=O) groups is 1. The van der Waals surface area contributed by atoms with Crippen LogP contribution < -0.4 is 5.32 Å². The zero-order valence-electron chi connectivity index (χ0n) is 14.0. The van der Waals surface area contributed by atoms with Crippen molar-refractivity contribution in [3.05, 3.63) is 41.5 Å². The summed E-state index contributed by atoms with van der Waals surface area (Å²) >= 11 is 0. The summed E-state index contributed by atoms with van der Waals surface area (Å²) in [6.45, 7) is 6.69. The molecule has 3 rings (SSSR count). The van der Waals surface area contributed by atoms with Gasteiger partial charge in [-0.3, -0.25) is 4.79 Å². The van der Waals surface area contributed by atoms with Gasteiger partial charge >= 0.3 is 0 Å². The molecular weight excluding hydrogens is 270 g/mol. The van der Waals surface area contributed by atoms with Gasteiger partial charge in [0, 0.05) is 28.8 Å². The van der Waals surface area contributed by atoms with Crippen LogP contribution in [0.2, 0.25) is 0 Å². The molecule has 1 aromatic rings. The first-order valence-corrected chi connectivity index (χ1v) is 8.56. The van der Waals surface area contributed by atoms with Crippen LogP contribution in [-0.2, 0) is 11.2 Å². The molecule has 2 heteroatoms. The number of fused-ring (bicyclic) bond motifs is 1. The molecule has 2 aliphatic rings. The normalized spacial score (nSPS) is 28.8. The molecular formula is C20H27NO. The second-order valence-corrected chi connectivity index (χ2v) is 7.76. The van der Waals surface area contributed by atoms with E-state index in [2.05, 4.69) is 50.4 Å². The molecule has 22 heavy (non-hydrogen) atoms. The van der Waals surface area contributed by atoms with Gasteiger partial charge in [0.25, 0.3) is 0 Å². The van der Waals surface area contributed by atoms with Crippen LogP contribution in [0.5, 0.6) is 0 Å². The Labute approximate surface area is 134 Å². The third-order valence-electron chi connectivity index (χ3n) is 5.12. The van der Waals surface area contributed by atoms with Crippen LogP contribution in [-0.4, -0.2) is 11.3 Å². The van der Waals surface area contributed by atoms with E-state index in [1.165, 1.54) is 24.0 Å². The Balaban J connectivity index is 1.85. The van der Waals surface area contributed by atoms with E-state index in [1.807, 2.05) is 6.08 Å². The van der Waals surface area contributed by atoms with Crippen molar-refractivity contribution >= 4 is 11.5 Å². The Morgan fingerprint density at radius 1 is 1.18 bits per heavy atom. The number of benzene rings is 1. The van der Waals surface area contributed by atoms with Gasteiger partial charge < -0.3 is 5.32 Å². The molecule has 1 saturated carbocycles. The van der Waals surface area contributed by atoms with Gasteiger partial charge in [0.2, 0.25) is 0 Å². The van der Waals surface area contributed by atoms with Crippen LogP contribution in [0.3, 0.4) is 0 Å². The number of nitrogens with one attached hydrogen (secondary N) is 1. The molecule has 2 nitrogen and oxygen atoms in total. The van der Waals surface area contributed by atoms with Crippen LogP contribution >= 0.6 is 0 Å². The highest BCUT2D eigenvalue weighted by atomic mass is 16.1. The summed E-state index contributed by atoms with van der Waals surface area (Å²) < 4.78 is 0. The van der Waals surface area contributed by atoms with Gasteiger partial charge in [-0.1, -0.05) is 44.0 Å². The van der Waals surface area contributed by atoms with E-state index in [0.717, 1.165) is 30.9 Å². The summed E-state index contributed by atoms with van der Waals surface area (Å²) in [6, 6.07) is 8.44. The molecule has 0 radical (unpaired) electrons. The van der Waals surface area contributed by atoms with Crippen molar-refractivity contribution in [2.45, 2.75) is 58.4 Å². The molecule has 118 valence electrons. The number of hydrogen-bond acceptors (Lipinski definition) is 2. The molecule has 1 aliphatic heterocycles. The summed E-state index contributed by atoms with van der Waals surface area (Å²) in [6.07, 6.45) is 7.35. The largest absolute Gasteiger partial charge is 0.379 e. The molecule has 1 aliphatic carbocycles. The van der Waals surface area contributed by atoms with Crippen LogP contribution in [0.15, 0.2) is 30.3 Å². The van der Waals surface area contributed by atoms with Crippen molar-refractivity contribution < 1.29 is 4.79 Å². The van der Waals surface area contributed by atoms with E-state index in [9.17, 15) is 4.79 Å². The highest BCUT2D eigenvalue weighted by Gasteiger charge is 2.29. The summed E-state index contributed by atoms with van der Waals surface area (Å²) in [5.74, 6) is 1.31. The quantitative estimate of drug-likeness (QED) is 0.822. The fourth-order valence-electron chi connectivity index (χ4n) is 3.81. The van der Waals surface area contributed by atoms with Crippen LogP contribution in [0.4, 0.5) is 0 Å². The van der Waals surface area contributed by atoms with E-state index in [1.54, 1.807) is 0 Å². The second kappa shape index (κ2) is 5.91. The molecule has 0 saturated heterocycles. The van der Waals surface area contributed by atoms with Gasteiger partial charge in [-0.05, 0) is 44.6 Å². The number of carbonyl (C=O) groups excluding carboxylic acids is 1. The predicted octanol–water partition coefficient (Wildman–Crippen LogP) is 4.35. The standard InChI is InChI=1S/C20H27NO/c1-14-8-10-15(11-9-14)19(22)12-18-17-7-5-4-6-16(17)13-20(2,3)21-18/h4-7,12,14-15,21H,8-11,13H2,1-3H3/b18-12-/t14-,15+. The van der Waals surface area contributed by atoms with E-state index < -0.39 is 0 Å². The minimum atomic E-state index is 0.00153. The lowest BCUT2D eigenvalue weighted by atomic mass is 9.80. The zero-order valence-corrected chi connectivity index (χ0v) is 14.0. The lowest BCUT2D eigenvalue weighted by Gasteiger charge is -2.36. The van der Waals surface area contributed by atoms with Gasteiger partial charge in [0.1, 0.15) is 0 Å². The Morgan fingerprint density at radius 3 is 2.59 bits per heavy atom. The molecule has 0 unspecified atom stereocenters. The van der Waals surface area contributed by atoms with E-state index in [-0.39, 0.29) is 11.5 Å². The summed E-state index contributed by atoms with van der Waals surface area (Å²) in [7, 11) is 0. The monoisotopic (exact) mass is 297 g/mol. The van der Waals surface area contributed by atoms with Crippen molar-refractivity contribution in [3.8, 4) is 0 Å². The summed E-state index contributed by atoms with van der Waals surface area (Å²) in [5.41, 5.74) is 3.54. The average Bonchev–Trinajstić information content (AvgIpc) is 2.46. The maximum atomic E-state index is 12.7. The third-order valence-corrected chi connectivity index (χ3v) is 5.12. The van der Waals surface area contributed by atoms with Gasteiger partial charge in [-0.25, -0.2) is 0 Å². The number of ketones is 1. The topological polar surface area (TPSA) is 29.1 Å². The Bertz CT molecular complexity index is 591. The van der Waals surface area contributed by atoms with Crippen molar-refractivity contribution in [3.63, 3.8) is 0 Å². The highest BCUT2D eigenvalue weighted by molar-refractivity contribution is 5.98. The molecule has 1 aromatic carbocycles. The lowest BCUT2D eigenvalue weighted by Crippen LogP contribution is -2.44. The first kappa shape index (κ1) is 15.3. The predicted molar refractivity (Wildman–Crippen MR) is 91.5 cm³/mol. The smallest absolute Gasteiger partial charge is 0.160 e. The maximum Gasteiger partial charge on any atom is 0.160 e. The van der Waals surface area contributed by atoms with Crippen molar-refractivity contribution in [2.24, 2.45) is 11.8 Å². The summed E-state index contributed by atoms with van der Waals surface area (Å²) in [4.78, 5) is 12.7. The number of rotatable bonds is 2. The fourth-order valence-corrected chi connectivity index (χ4v) is 3.81. The average molecular weight is 297 g/mol. The lowest BCUT2D eigenvalue weighted by molar-refractivity contribution is -0.119. The van der Waals surface area contributed by atoms with Gasteiger partial charge in [-0.15, -0.1) is 0 Å². The van der Waals surface area contributed by atoms with E-state index in [4.69, 9.17) is 0 Å². The molecule has 0 spiro atoms. The van der Waals surface area contributed by atoms with Crippen LogP contribution in [0.25, 0.3) is 5.70 Å². The van der Waals surface area contributed by atoms with E-state index >= 15 is 0 Å². The maximum absolute atomic E-state index is 12.7. The fraction of sp³-hybridized carbons (Fsp3) is 0.550. The first-order chi connectivity index (χ1) is 10.4.